The van der Waals surface area contributed by atoms with E-state index in [0.717, 1.165) is 18.4 Å². The first-order valence-corrected chi connectivity index (χ1v) is 10.1. The SMILES string of the molecule is C[C@H]1Cc2cc(C(=O)NC3CCCCC3)ccc2N1S(C)(=O)=O. The maximum Gasteiger partial charge on any atom is 0.251 e. The molecule has 5 nitrogen and oxygen atoms in total. The van der Waals surface area contributed by atoms with Crippen LogP contribution in [-0.4, -0.2) is 32.7 Å². The van der Waals surface area contributed by atoms with E-state index in [1.54, 1.807) is 12.1 Å². The first-order chi connectivity index (χ1) is 10.9. The number of benzene rings is 1. The molecule has 0 unspecified atom stereocenters. The summed E-state index contributed by atoms with van der Waals surface area (Å²) < 4.78 is 25.3. The predicted octanol–water partition coefficient (Wildman–Crippen LogP) is 2.46. The third-order valence-corrected chi connectivity index (χ3v) is 6.06. The van der Waals surface area contributed by atoms with Gasteiger partial charge < -0.3 is 5.32 Å². The van der Waals surface area contributed by atoms with Crippen LogP contribution in [0.5, 0.6) is 0 Å². The van der Waals surface area contributed by atoms with E-state index in [2.05, 4.69) is 5.32 Å². The van der Waals surface area contributed by atoms with Crippen LogP contribution >= 0.6 is 0 Å². The van der Waals surface area contributed by atoms with Crippen LogP contribution in [0.25, 0.3) is 0 Å². The Hall–Kier alpha value is -1.56. The molecule has 1 saturated carbocycles. The first kappa shape index (κ1) is 16.3. The van der Waals surface area contributed by atoms with Gasteiger partial charge in [-0.2, -0.15) is 0 Å². The zero-order valence-electron chi connectivity index (χ0n) is 13.7. The largest absolute Gasteiger partial charge is 0.349 e. The van der Waals surface area contributed by atoms with Crippen LogP contribution in [0.4, 0.5) is 5.69 Å². The second kappa shape index (κ2) is 6.15. The standard InChI is InChI=1S/C17H24N2O3S/c1-12-10-14-11-13(8-9-16(14)19(12)23(2,21)22)17(20)18-15-6-4-3-5-7-15/h8-9,11-12,15H,3-7,10H2,1-2H3,(H,18,20)/t12-/m0/s1. The van der Waals surface area contributed by atoms with Gasteiger partial charge in [-0.05, 0) is 49.9 Å². The Bertz CT molecular complexity index is 709. The molecular weight excluding hydrogens is 312 g/mol. The fraction of sp³-hybridized carbons (Fsp3) is 0.588. The van der Waals surface area contributed by atoms with Crippen molar-refractivity contribution in [2.75, 3.05) is 10.6 Å². The number of sulfonamides is 1. The zero-order chi connectivity index (χ0) is 16.6. The molecule has 6 heteroatoms. The third-order valence-electron chi connectivity index (χ3n) is 4.79. The molecule has 1 aromatic rings. The van der Waals surface area contributed by atoms with Gasteiger partial charge in [0, 0.05) is 17.6 Å². The lowest BCUT2D eigenvalue weighted by atomic mass is 9.95. The van der Waals surface area contributed by atoms with Crippen molar-refractivity contribution < 1.29 is 13.2 Å². The number of anilines is 1. The average molecular weight is 336 g/mol. The van der Waals surface area contributed by atoms with E-state index in [1.165, 1.54) is 29.8 Å². The van der Waals surface area contributed by atoms with Crippen molar-refractivity contribution >= 4 is 21.6 Å². The number of fused-ring (bicyclic) bond motifs is 1. The van der Waals surface area contributed by atoms with Crippen LogP contribution in [0.1, 0.15) is 54.9 Å². The molecule has 1 fully saturated rings. The monoisotopic (exact) mass is 336 g/mol. The fourth-order valence-electron chi connectivity index (χ4n) is 3.77. The zero-order valence-corrected chi connectivity index (χ0v) is 14.5. The second-order valence-corrected chi connectivity index (χ2v) is 8.62. The van der Waals surface area contributed by atoms with Gasteiger partial charge in [0.2, 0.25) is 10.0 Å². The van der Waals surface area contributed by atoms with Crippen molar-refractivity contribution in [2.45, 2.75) is 57.5 Å². The van der Waals surface area contributed by atoms with Crippen molar-refractivity contribution in [3.8, 4) is 0 Å². The molecule has 1 atom stereocenters. The molecule has 0 aromatic heterocycles. The van der Waals surface area contributed by atoms with Gasteiger partial charge in [-0.3, -0.25) is 9.10 Å². The average Bonchev–Trinajstić information content (AvgIpc) is 2.82. The minimum absolute atomic E-state index is 0.0508. The summed E-state index contributed by atoms with van der Waals surface area (Å²) in [6.45, 7) is 1.89. The number of carbonyl (C=O) groups excluding carboxylic acids is 1. The van der Waals surface area contributed by atoms with E-state index < -0.39 is 10.0 Å². The van der Waals surface area contributed by atoms with Crippen molar-refractivity contribution in [1.82, 2.24) is 5.32 Å². The highest BCUT2D eigenvalue weighted by atomic mass is 32.2. The number of nitrogens with one attached hydrogen (secondary N) is 1. The number of carbonyl (C=O) groups is 1. The van der Waals surface area contributed by atoms with E-state index in [-0.39, 0.29) is 18.0 Å². The summed E-state index contributed by atoms with van der Waals surface area (Å²) in [6, 6.07) is 5.51. The molecule has 3 rings (SSSR count). The van der Waals surface area contributed by atoms with Gasteiger partial charge in [-0.1, -0.05) is 19.3 Å². The van der Waals surface area contributed by atoms with E-state index in [9.17, 15) is 13.2 Å². The minimum atomic E-state index is -3.29. The van der Waals surface area contributed by atoms with Gasteiger partial charge >= 0.3 is 0 Å². The Morgan fingerprint density at radius 3 is 2.57 bits per heavy atom. The highest BCUT2D eigenvalue weighted by Crippen LogP contribution is 2.34. The molecule has 1 aliphatic carbocycles. The Morgan fingerprint density at radius 1 is 1.22 bits per heavy atom. The van der Waals surface area contributed by atoms with E-state index in [4.69, 9.17) is 0 Å². The molecule has 0 bridgehead atoms. The molecule has 1 amide bonds. The van der Waals surface area contributed by atoms with Gasteiger partial charge in [0.05, 0.1) is 11.9 Å². The summed E-state index contributed by atoms with van der Waals surface area (Å²) in [5.74, 6) is -0.0508. The van der Waals surface area contributed by atoms with Crippen LogP contribution in [0, 0.1) is 0 Å². The van der Waals surface area contributed by atoms with Crippen LogP contribution < -0.4 is 9.62 Å². The molecule has 126 valence electrons. The van der Waals surface area contributed by atoms with Crippen molar-refractivity contribution in [2.24, 2.45) is 0 Å². The summed E-state index contributed by atoms with van der Waals surface area (Å²) in [7, 11) is -3.29. The maximum absolute atomic E-state index is 12.4. The molecule has 1 N–H and O–H groups in total. The second-order valence-electron chi connectivity index (χ2n) is 6.76. The summed E-state index contributed by atoms with van der Waals surface area (Å²) in [4.78, 5) is 12.4. The Labute approximate surface area is 138 Å². The summed E-state index contributed by atoms with van der Waals surface area (Å²) in [6.07, 6.45) is 7.58. The molecule has 2 aliphatic rings. The van der Waals surface area contributed by atoms with Gasteiger partial charge in [-0.25, -0.2) is 8.42 Å². The van der Waals surface area contributed by atoms with E-state index in [0.29, 0.717) is 17.7 Å². The summed E-state index contributed by atoms with van der Waals surface area (Å²) >= 11 is 0. The van der Waals surface area contributed by atoms with Gasteiger partial charge in [0.15, 0.2) is 0 Å². The molecule has 1 aliphatic heterocycles. The molecule has 0 spiro atoms. The maximum atomic E-state index is 12.4. The van der Waals surface area contributed by atoms with Gasteiger partial charge in [0.1, 0.15) is 0 Å². The molecule has 0 saturated heterocycles. The number of amides is 1. The summed E-state index contributed by atoms with van der Waals surface area (Å²) in [5.41, 5.74) is 2.25. The van der Waals surface area contributed by atoms with Crippen LogP contribution in [0.2, 0.25) is 0 Å². The van der Waals surface area contributed by atoms with Crippen LogP contribution in [-0.2, 0) is 16.4 Å². The lowest BCUT2D eigenvalue weighted by Gasteiger charge is -2.23. The molecule has 1 aromatic carbocycles. The highest BCUT2D eigenvalue weighted by Gasteiger charge is 2.32. The Balaban J connectivity index is 1.79. The van der Waals surface area contributed by atoms with Gasteiger partial charge in [-0.15, -0.1) is 0 Å². The molecule has 1 heterocycles. The predicted molar refractivity (Wildman–Crippen MR) is 91.3 cm³/mol. The van der Waals surface area contributed by atoms with Crippen molar-refractivity contribution in [3.05, 3.63) is 29.3 Å². The topological polar surface area (TPSA) is 66.5 Å². The minimum Gasteiger partial charge on any atom is -0.349 e. The summed E-state index contributed by atoms with van der Waals surface area (Å²) in [5, 5.41) is 3.11. The third kappa shape index (κ3) is 3.37. The number of hydrogen-bond acceptors (Lipinski definition) is 3. The van der Waals surface area contributed by atoms with Crippen molar-refractivity contribution in [3.63, 3.8) is 0 Å². The Morgan fingerprint density at radius 2 is 1.91 bits per heavy atom. The first-order valence-electron chi connectivity index (χ1n) is 8.29. The molecule has 0 radical (unpaired) electrons. The lowest BCUT2D eigenvalue weighted by Crippen LogP contribution is -2.36. The lowest BCUT2D eigenvalue weighted by molar-refractivity contribution is 0.0927. The quantitative estimate of drug-likeness (QED) is 0.922. The molecular formula is C17H24N2O3S. The number of rotatable bonds is 3. The Kier molecular flexibility index (Phi) is 4.36. The molecule has 23 heavy (non-hydrogen) atoms. The van der Waals surface area contributed by atoms with E-state index >= 15 is 0 Å². The smallest absolute Gasteiger partial charge is 0.251 e. The fourth-order valence-corrected chi connectivity index (χ4v) is 5.03. The van der Waals surface area contributed by atoms with Crippen LogP contribution in [0.15, 0.2) is 18.2 Å². The van der Waals surface area contributed by atoms with Crippen LogP contribution in [0.3, 0.4) is 0 Å². The van der Waals surface area contributed by atoms with Gasteiger partial charge in [0.25, 0.3) is 5.91 Å². The normalized spacial score (nSPS) is 22.0. The number of hydrogen-bond donors (Lipinski definition) is 1. The van der Waals surface area contributed by atoms with E-state index in [1.807, 2.05) is 13.0 Å². The highest BCUT2D eigenvalue weighted by molar-refractivity contribution is 7.92. The number of nitrogens with zero attached hydrogens (tertiary/aromatic N) is 1. The van der Waals surface area contributed by atoms with Crippen molar-refractivity contribution in [1.29, 1.82) is 0 Å².